The van der Waals surface area contributed by atoms with E-state index in [0.717, 1.165) is 49.3 Å². The van der Waals surface area contributed by atoms with Crippen LogP contribution < -0.4 is 15.4 Å². The van der Waals surface area contributed by atoms with Crippen molar-refractivity contribution in [2.75, 3.05) is 13.2 Å². The van der Waals surface area contributed by atoms with Crippen LogP contribution in [-0.4, -0.2) is 30.6 Å². The Hall–Kier alpha value is -1.55. The van der Waals surface area contributed by atoms with E-state index in [9.17, 15) is 4.79 Å². The summed E-state index contributed by atoms with van der Waals surface area (Å²) in [6, 6.07) is 6.09. The van der Waals surface area contributed by atoms with E-state index < -0.39 is 0 Å². The third-order valence-electron chi connectivity index (χ3n) is 5.23. The lowest BCUT2D eigenvalue weighted by Gasteiger charge is -2.48. The van der Waals surface area contributed by atoms with Crippen molar-refractivity contribution in [3.63, 3.8) is 0 Å². The fraction of sp³-hybridized carbons (Fsp3) is 0.588. The highest BCUT2D eigenvalue weighted by Gasteiger charge is 2.41. The summed E-state index contributed by atoms with van der Waals surface area (Å²) in [4.78, 5) is 12.5. The SMILES string of the molecule is O=C(NC1CCNC2(CCC2)C1)c1ccc2c(c1)CCO2. The number of fused-ring (bicyclic) bond motifs is 1. The van der Waals surface area contributed by atoms with Gasteiger partial charge in [-0.15, -0.1) is 0 Å². The largest absolute Gasteiger partial charge is 0.493 e. The molecule has 4 rings (SSSR count). The number of ether oxygens (including phenoxy) is 1. The molecule has 0 radical (unpaired) electrons. The van der Waals surface area contributed by atoms with Gasteiger partial charge in [0, 0.05) is 23.6 Å². The van der Waals surface area contributed by atoms with Crippen LogP contribution in [0.4, 0.5) is 0 Å². The fourth-order valence-electron chi connectivity index (χ4n) is 3.86. The zero-order chi connectivity index (χ0) is 14.3. The molecule has 1 spiro atoms. The summed E-state index contributed by atoms with van der Waals surface area (Å²) < 4.78 is 5.49. The van der Waals surface area contributed by atoms with Crippen molar-refractivity contribution in [1.29, 1.82) is 0 Å². The van der Waals surface area contributed by atoms with Gasteiger partial charge in [-0.25, -0.2) is 0 Å². The number of nitrogens with one attached hydrogen (secondary N) is 2. The van der Waals surface area contributed by atoms with Crippen molar-refractivity contribution in [2.45, 2.75) is 50.1 Å². The molecule has 1 amide bonds. The Labute approximate surface area is 125 Å². The summed E-state index contributed by atoms with van der Waals surface area (Å²) in [5.74, 6) is 0.993. The average Bonchev–Trinajstić information content (AvgIpc) is 2.93. The Morgan fingerprint density at radius 1 is 1.38 bits per heavy atom. The molecule has 0 bridgehead atoms. The number of piperidine rings is 1. The van der Waals surface area contributed by atoms with E-state index in [4.69, 9.17) is 4.74 Å². The lowest BCUT2D eigenvalue weighted by molar-refractivity contribution is 0.0853. The first kappa shape index (κ1) is 13.1. The fourth-order valence-corrected chi connectivity index (χ4v) is 3.86. The van der Waals surface area contributed by atoms with Crippen LogP contribution >= 0.6 is 0 Å². The first-order chi connectivity index (χ1) is 10.2. The molecule has 4 heteroatoms. The number of carbonyl (C=O) groups excluding carboxylic acids is 1. The van der Waals surface area contributed by atoms with E-state index >= 15 is 0 Å². The number of amides is 1. The molecule has 1 atom stereocenters. The second-order valence-electron chi connectivity index (χ2n) is 6.64. The second kappa shape index (κ2) is 5.02. The Morgan fingerprint density at radius 2 is 2.29 bits per heavy atom. The quantitative estimate of drug-likeness (QED) is 0.874. The smallest absolute Gasteiger partial charge is 0.251 e. The van der Waals surface area contributed by atoms with Crippen LogP contribution in [0.25, 0.3) is 0 Å². The summed E-state index contributed by atoms with van der Waals surface area (Å²) >= 11 is 0. The van der Waals surface area contributed by atoms with Gasteiger partial charge in [-0.2, -0.15) is 0 Å². The minimum absolute atomic E-state index is 0.0612. The monoisotopic (exact) mass is 286 g/mol. The normalized spacial score (nSPS) is 25.8. The maximum atomic E-state index is 12.5. The van der Waals surface area contributed by atoms with Crippen LogP contribution in [-0.2, 0) is 6.42 Å². The summed E-state index contributed by atoms with van der Waals surface area (Å²) in [6.45, 7) is 1.75. The van der Waals surface area contributed by atoms with Crippen molar-refractivity contribution in [3.05, 3.63) is 29.3 Å². The van der Waals surface area contributed by atoms with Crippen LogP contribution in [0.5, 0.6) is 5.75 Å². The molecule has 1 aliphatic carbocycles. The van der Waals surface area contributed by atoms with Gasteiger partial charge in [0.2, 0.25) is 0 Å². The van der Waals surface area contributed by atoms with Gasteiger partial charge in [-0.1, -0.05) is 0 Å². The maximum absolute atomic E-state index is 12.5. The molecule has 2 N–H and O–H groups in total. The van der Waals surface area contributed by atoms with Gasteiger partial charge in [0.25, 0.3) is 5.91 Å². The van der Waals surface area contributed by atoms with Crippen LogP contribution in [0, 0.1) is 0 Å². The standard InChI is InChI=1S/C17H22N2O2/c20-16(13-2-3-15-12(10-13)5-9-21-15)19-14-4-8-18-17(11-14)6-1-7-17/h2-3,10,14,18H,1,4-9,11H2,(H,19,20). The van der Waals surface area contributed by atoms with Crippen LogP contribution in [0.15, 0.2) is 18.2 Å². The Balaban J connectivity index is 1.43. The van der Waals surface area contributed by atoms with Gasteiger partial charge >= 0.3 is 0 Å². The molecule has 4 nitrogen and oxygen atoms in total. The van der Waals surface area contributed by atoms with E-state index in [1.54, 1.807) is 0 Å². The van der Waals surface area contributed by atoms with Gasteiger partial charge in [0.15, 0.2) is 0 Å². The average molecular weight is 286 g/mol. The van der Waals surface area contributed by atoms with Gasteiger partial charge in [-0.3, -0.25) is 4.79 Å². The highest BCUT2D eigenvalue weighted by Crippen LogP contribution is 2.38. The Kier molecular flexibility index (Phi) is 3.14. The van der Waals surface area contributed by atoms with Crippen molar-refractivity contribution < 1.29 is 9.53 Å². The van der Waals surface area contributed by atoms with E-state index in [1.165, 1.54) is 19.3 Å². The summed E-state index contributed by atoms with van der Waals surface area (Å²) in [5, 5.41) is 6.87. The predicted molar refractivity (Wildman–Crippen MR) is 80.7 cm³/mol. The van der Waals surface area contributed by atoms with E-state index in [2.05, 4.69) is 10.6 Å². The van der Waals surface area contributed by atoms with Crippen molar-refractivity contribution >= 4 is 5.91 Å². The zero-order valence-corrected chi connectivity index (χ0v) is 12.3. The lowest BCUT2D eigenvalue weighted by Crippen LogP contribution is -2.59. The number of hydrogen-bond acceptors (Lipinski definition) is 3. The van der Waals surface area contributed by atoms with Crippen LogP contribution in [0.1, 0.15) is 48.0 Å². The molecule has 1 aromatic rings. The molecule has 2 heterocycles. The van der Waals surface area contributed by atoms with Crippen LogP contribution in [0.2, 0.25) is 0 Å². The zero-order valence-electron chi connectivity index (χ0n) is 12.3. The third-order valence-corrected chi connectivity index (χ3v) is 5.23. The summed E-state index contributed by atoms with van der Waals surface area (Å²) in [7, 11) is 0. The van der Waals surface area contributed by atoms with Gasteiger partial charge in [0.1, 0.15) is 5.75 Å². The molecular formula is C17H22N2O2. The van der Waals surface area contributed by atoms with Crippen molar-refractivity contribution in [1.82, 2.24) is 10.6 Å². The summed E-state index contributed by atoms with van der Waals surface area (Å²) in [5.41, 5.74) is 2.24. The first-order valence-corrected chi connectivity index (χ1v) is 8.06. The van der Waals surface area contributed by atoms with E-state index in [0.29, 0.717) is 11.6 Å². The maximum Gasteiger partial charge on any atom is 0.251 e. The van der Waals surface area contributed by atoms with E-state index in [1.807, 2.05) is 18.2 Å². The lowest BCUT2D eigenvalue weighted by atomic mass is 9.70. The molecule has 21 heavy (non-hydrogen) atoms. The number of hydrogen-bond donors (Lipinski definition) is 2. The predicted octanol–water partition coefficient (Wildman–Crippen LogP) is 2.03. The number of benzene rings is 1. The molecule has 1 saturated heterocycles. The van der Waals surface area contributed by atoms with Gasteiger partial charge in [-0.05, 0) is 62.4 Å². The molecule has 1 unspecified atom stereocenters. The van der Waals surface area contributed by atoms with Gasteiger partial charge in [0.05, 0.1) is 6.61 Å². The minimum atomic E-state index is 0.0612. The third kappa shape index (κ3) is 2.42. The highest BCUT2D eigenvalue weighted by molar-refractivity contribution is 5.94. The number of rotatable bonds is 2. The molecule has 1 aromatic carbocycles. The number of carbonyl (C=O) groups is 1. The minimum Gasteiger partial charge on any atom is -0.493 e. The Morgan fingerprint density at radius 3 is 3.10 bits per heavy atom. The van der Waals surface area contributed by atoms with Crippen LogP contribution in [0.3, 0.4) is 0 Å². The molecule has 2 aliphatic heterocycles. The Bertz CT molecular complexity index is 566. The van der Waals surface area contributed by atoms with Crippen molar-refractivity contribution in [2.24, 2.45) is 0 Å². The first-order valence-electron chi connectivity index (χ1n) is 8.06. The molecular weight excluding hydrogens is 264 g/mol. The topological polar surface area (TPSA) is 50.4 Å². The van der Waals surface area contributed by atoms with E-state index in [-0.39, 0.29) is 5.91 Å². The highest BCUT2D eigenvalue weighted by atomic mass is 16.5. The molecule has 0 aromatic heterocycles. The molecule has 112 valence electrons. The second-order valence-corrected chi connectivity index (χ2v) is 6.64. The summed E-state index contributed by atoms with van der Waals surface area (Å²) in [6.07, 6.45) is 6.85. The molecule has 2 fully saturated rings. The van der Waals surface area contributed by atoms with Crippen molar-refractivity contribution in [3.8, 4) is 5.75 Å². The molecule has 1 saturated carbocycles. The van der Waals surface area contributed by atoms with Gasteiger partial charge < -0.3 is 15.4 Å². The molecule has 3 aliphatic rings.